The van der Waals surface area contributed by atoms with Crippen molar-refractivity contribution in [3.63, 3.8) is 0 Å². The van der Waals surface area contributed by atoms with Gasteiger partial charge in [0.2, 0.25) is 5.91 Å². The Morgan fingerprint density at radius 1 is 1.40 bits per heavy atom. The van der Waals surface area contributed by atoms with E-state index in [1.165, 1.54) is 0 Å². The molecule has 0 aromatic rings. The Morgan fingerprint density at radius 2 is 2.00 bits per heavy atom. The average Bonchev–Trinajstić information content (AvgIpc) is 2.16. The fraction of sp³-hybridized carbons (Fsp3) is 0.800. The Bertz CT molecular complexity index is 219. The number of carbonyl (C=O) groups is 2. The van der Waals surface area contributed by atoms with E-state index in [2.05, 4.69) is 5.32 Å². The van der Waals surface area contributed by atoms with E-state index >= 15 is 0 Å². The highest BCUT2D eigenvalue weighted by Crippen LogP contribution is 1.99. The lowest BCUT2D eigenvalue weighted by Crippen LogP contribution is -2.40. The Morgan fingerprint density at radius 3 is 2.40 bits per heavy atom. The number of amides is 1. The first-order valence-electron chi connectivity index (χ1n) is 5.23. The molecule has 15 heavy (non-hydrogen) atoms. The second kappa shape index (κ2) is 7.23. The van der Waals surface area contributed by atoms with Crippen molar-refractivity contribution in [3.05, 3.63) is 0 Å². The van der Waals surface area contributed by atoms with Crippen LogP contribution in [-0.2, 0) is 9.59 Å². The number of carboxylic acids is 1. The molecular weight excluding hydrogens is 196 g/mol. The van der Waals surface area contributed by atoms with Gasteiger partial charge in [0.15, 0.2) is 0 Å². The highest BCUT2D eigenvalue weighted by molar-refractivity contribution is 5.78. The van der Waals surface area contributed by atoms with Crippen molar-refractivity contribution in [2.75, 3.05) is 26.2 Å². The molecule has 0 saturated heterocycles. The maximum atomic E-state index is 11.3. The summed E-state index contributed by atoms with van der Waals surface area (Å²) in [5.74, 6) is -1.33. The van der Waals surface area contributed by atoms with E-state index in [4.69, 9.17) is 5.11 Å². The molecule has 1 amide bonds. The van der Waals surface area contributed by atoms with Crippen LogP contribution in [0.15, 0.2) is 0 Å². The molecule has 1 atom stereocenters. The Balaban J connectivity index is 4.02. The summed E-state index contributed by atoms with van der Waals surface area (Å²) >= 11 is 0. The van der Waals surface area contributed by atoms with E-state index in [1.54, 1.807) is 6.92 Å². The molecule has 0 aliphatic carbocycles. The predicted octanol–water partition coefficient (Wildman–Crippen LogP) is 0.165. The third-order valence-corrected chi connectivity index (χ3v) is 2.14. The lowest BCUT2D eigenvalue weighted by atomic mass is 10.1. The van der Waals surface area contributed by atoms with Crippen LogP contribution in [0.25, 0.3) is 0 Å². The SMILES string of the molecule is CCNC(=O)CN(CC)CC(C)C(=O)O. The molecule has 0 aromatic carbocycles. The van der Waals surface area contributed by atoms with Gasteiger partial charge in [0.1, 0.15) is 0 Å². The van der Waals surface area contributed by atoms with Crippen LogP contribution in [0.5, 0.6) is 0 Å². The Kier molecular flexibility index (Phi) is 6.70. The first-order valence-corrected chi connectivity index (χ1v) is 5.23. The summed E-state index contributed by atoms with van der Waals surface area (Å²) in [7, 11) is 0. The summed E-state index contributed by atoms with van der Waals surface area (Å²) in [5, 5.41) is 11.4. The van der Waals surface area contributed by atoms with Gasteiger partial charge in [0.05, 0.1) is 12.5 Å². The highest BCUT2D eigenvalue weighted by Gasteiger charge is 2.16. The molecule has 0 rings (SSSR count). The molecule has 2 N–H and O–H groups in total. The average molecular weight is 216 g/mol. The zero-order valence-electron chi connectivity index (χ0n) is 9.62. The van der Waals surface area contributed by atoms with Gasteiger partial charge in [-0.25, -0.2) is 0 Å². The molecule has 5 heteroatoms. The number of carboxylic acid groups (broad SMARTS) is 1. The number of rotatable bonds is 7. The maximum absolute atomic E-state index is 11.3. The maximum Gasteiger partial charge on any atom is 0.307 e. The first kappa shape index (κ1) is 13.9. The van der Waals surface area contributed by atoms with Gasteiger partial charge in [0.25, 0.3) is 0 Å². The third kappa shape index (κ3) is 6.06. The van der Waals surface area contributed by atoms with Gasteiger partial charge in [-0.15, -0.1) is 0 Å². The monoisotopic (exact) mass is 216 g/mol. The number of nitrogens with one attached hydrogen (secondary N) is 1. The minimum absolute atomic E-state index is 0.0584. The van der Waals surface area contributed by atoms with Gasteiger partial charge in [-0.1, -0.05) is 13.8 Å². The summed E-state index contributed by atoms with van der Waals surface area (Å²) in [6.45, 7) is 7.36. The van der Waals surface area contributed by atoms with E-state index in [0.29, 0.717) is 19.6 Å². The molecule has 0 aromatic heterocycles. The molecule has 5 nitrogen and oxygen atoms in total. The van der Waals surface area contributed by atoms with Crippen LogP contribution in [0.3, 0.4) is 0 Å². The third-order valence-electron chi connectivity index (χ3n) is 2.14. The highest BCUT2D eigenvalue weighted by atomic mass is 16.4. The zero-order chi connectivity index (χ0) is 11.8. The van der Waals surface area contributed by atoms with Gasteiger partial charge >= 0.3 is 5.97 Å². The molecule has 1 unspecified atom stereocenters. The summed E-state index contributed by atoms with van der Waals surface area (Å²) in [4.78, 5) is 23.7. The number of aliphatic carboxylic acids is 1. The van der Waals surface area contributed by atoms with Crippen molar-refractivity contribution < 1.29 is 14.7 Å². The van der Waals surface area contributed by atoms with Gasteiger partial charge < -0.3 is 10.4 Å². The van der Waals surface area contributed by atoms with Crippen LogP contribution in [0.2, 0.25) is 0 Å². The fourth-order valence-corrected chi connectivity index (χ4v) is 1.23. The second-order valence-electron chi connectivity index (χ2n) is 3.52. The number of likely N-dealkylation sites (N-methyl/N-ethyl adjacent to an activating group) is 2. The van der Waals surface area contributed by atoms with Crippen LogP contribution in [-0.4, -0.2) is 48.1 Å². The molecule has 0 heterocycles. The number of nitrogens with zero attached hydrogens (tertiary/aromatic N) is 1. The lowest BCUT2D eigenvalue weighted by Gasteiger charge is -2.21. The smallest absolute Gasteiger partial charge is 0.307 e. The van der Waals surface area contributed by atoms with Crippen LogP contribution >= 0.6 is 0 Å². The predicted molar refractivity (Wildman–Crippen MR) is 57.6 cm³/mol. The van der Waals surface area contributed by atoms with Crippen LogP contribution in [0.1, 0.15) is 20.8 Å². The largest absolute Gasteiger partial charge is 0.481 e. The van der Waals surface area contributed by atoms with Crippen molar-refractivity contribution >= 4 is 11.9 Å². The summed E-state index contributed by atoms with van der Waals surface area (Å²) in [5.41, 5.74) is 0. The number of hydrogen-bond acceptors (Lipinski definition) is 3. The van der Waals surface area contributed by atoms with E-state index < -0.39 is 11.9 Å². The van der Waals surface area contributed by atoms with Gasteiger partial charge in [-0.05, 0) is 13.5 Å². The molecule has 0 radical (unpaired) electrons. The first-order chi connectivity index (χ1) is 7.01. The van der Waals surface area contributed by atoms with E-state index in [9.17, 15) is 9.59 Å². The van der Waals surface area contributed by atoms with Gasteiger partial charge in [-0.3, -0.25) is 14.5 Å². The summed E-state index contributed by atoms with van der Waals surface area (Å²) < 4.78 is 0. The van der Waals surface area contributed by atoms with E-state index in [0.717, 1.165) is 0 Å². The van der Waals surface area contributed by atoms with Crippen molar-refractivity contribution in [1.29, 1.82) is 0 Å². The second-order valence-corrected chi connectivity index (χ2v) is 3.52. The molecule has 0 aliphatic heterocycles. The molecule has 88 valence electrons. The van der Waals surface area contributed by atoms with Crippen molar-refractivity contribution in [2.45, 2.75) is 20.8 Å². The lowest BCUT2D eigenvalue weighted by molar-refractivity contribution is -0.142. The summed E-state index contributed by atoms with van der Waals surface area (Å²) in [6, 6.07) is 0. The Hall–Kier alpha value is -1.10. The Labute approximate surface area is 90.5 Å². The normalized spacial score (nSPS) is 12.5. The van der Waals surface area contributed by atoms with Crippen LogP contribution < -0.4 is 5.32 Å². The van der Waals surface area contributed by atoms with Crippen molar-refractivity contribution in [3.8, 4) is 0 Å². The fourth-order valence-electron chi connectivity index (χ4n) is 1.23. The zero-order valence-corrected chi connectivity index (χ0v) is 9.62. The molecule has 0 spiro atoms. The molecule has 0 aliphatic rings. The molecular formula is C10H20N2O3. The quantitative estimate of drug-likeness (QED) is 0.636. The molecule has 0 saturated carbocycles. The van der Waals surface area contributed by atoms with Crippen molar-refractivity contribution in [1.82, 2.24) is 10.2 Å². The van der Waals surface area contributed by atoms with Gasteiger partial charge in [0, 0.05) is 13.1 Å². The topological polar surface area (TPSA) is 69.6 Å². The van der Waals surface area contributed by atoms with Crippen LogP contribution in [0.4, 0.5) is 0 Å². The van der Waals surface area contributed by atoms with E-state index in [-0.39, 0.29) is 12.5 Å². The van der Waals surface area contributed by atoms with Gasteiger partial charge in [-0.2, -0.15) is 0 Å². The minimum Gasteiger partial charge on any atom is -0.481 e. The number of carbonyl (C=O) groups excluding carboxylic acids is 1. The standard InChI is InChI=1S/C10H20N2O3/c1-4-11-9(13)7-12(5-2)6-8(3)10(14)15/h8H,4-7H2,1-3H3,(H,11,13)(H,14,15). The minimum atomic E-state index is -0.829. The molecule has 0 fully saturated rings. The van der Waals surface area contributed by atoms with E-state index in [1.807, 2.05) is 18.7 Å². The van der Waals surface area contributed by atoms with Crippen LogP contribution in [0, 0.1) is 5.92 Å². The number of hydrogen-bond donors (Lipinski definition) is 2. The molecule has 0 bridgehead atoms. The summed E-state index contributed by atoms with van der Waals surface area (Å²) in [6.07, 6.45) is 0. The van der Waals surface area contributed by atoms with Crippen molar-refractivity contribution in [2.24, 2.45) is 5.92 Å².